The van der Waals surface area contributed by atoms with Gasteiger partial charge in [-0.1, -0.05) is 6.07 Å². The van der Waals surface area contributed by atoms with E-state index in [1.807, 2.05) is 0 Å². The first-order valence-electron chi connectivity index (χ1n) is 3.87. The van der Waals surface area contributed by atoms with E-state index in [0.717, 1.165) is 5.56 Å². The molecule has 0 saturated heterocycles. The van der Waals surface area contributed by atoms with Crippen LogP contribution in [0.25, 0.3) is 0 Å². The summed E-state index contributed by atoms with van der Waals surface area (Å²) < 4.78 is 0. The quantitative estimate of drug-likeness (QED) is 0.518. The van der Waals surface area contributed by atoms with E-state index in [4.69, 9.17) is 5.21 Å². The Morgan fingerprint density at radius 3 is 2.62 bits per heavy atom. The molecule has 0 amide bonds. The van der Waals surface area contributed by atoms with E-state index in [0.29, 0.717) is 0 Å². The van der Waals surface area contributed by atoms with Gasteiger partial charge in [0, 0.05) is 6.07 Å². The fraction of sp³-hybridized carbons (Fsp3) is 0.222. The summed E-state index contributed by atoms with van der Waals surface area (Å²) in [4.78, 5) is 11.0. The number of ketones is 1. The highest BCUT2D eigenvalue weighted by molar-refractivity contribution is 5.98. The van der Waals surface area contributed by atoms with Crippen LogP contribution in [0.2, 0.25) is 0 Å². The van der Waals surface area contributed by atoms with Crippen LogP contribution in [-0.2, 0) is 0 Å². The van der Waals surface area contributed by atoms with Crippen LogP contribution < -0.4 is 5.23 Å². The molecule has 0 aliphatic carbocycles. The predicted octanol–water partition coefficient (Wildman–Crippen LogP) is 0.601. The second-order valence-electron chi connectivity index (χ2n) is 2.91. The number of Topliss-reactive ketones (excluding diaryl/α,β-unsaturated/α-hetero) is 1. The molecule has 1 rings (SSSR count). The van der Waals surface area contributed by atoms with Gasteiger partial charge in [0.25, 0.3) is 0 Å². The third-order valence-corrected chi connectivity index (χ3v) is 1.78. The van der Waals surface area contributed by atoms with Crippen LogP contribution >= 0.6 is 0 Å². The first kappa shape index (κ1) is 9.85. The van der Waals surface area contributed by atoms with E-state index in [9.17, 15) is 10.0 Å². The number of hydrogen-bond donors (Lipinski definition) is 2. The summed E-state index contributed by atoms with van der Waals surface area (Å²) in [7, 11) is 0. The zero-order valence-electron chi connectivity index (χ0n) is 7.50. The molecule has 0 aliphatic heterocycles. The van der Waals surface area contributed by atoms with Crippen molar-refractivity contribution >= 4 is 11.5 Å². The molecule has 0 aromatic heterocycles. The highest BCUT2D eigenvalue weighted by Crippen LogP contribution is 2.13. The lowest BCUT2D eigenvalue weighted by Crippen LogP contribution is -2.99. The van der Waals surface area contributed by atoms with Crippen LogP contribution in [0.15, 0.2) is 18.2 Å². The molecule has 1 atom stereocenters. The third-order valence-electron chi connectivity index (χ3n) is 1.78. The zero-order valence-corrected chi connectivity index (χ0v) is 7.50. The minimum Gasteiger partial charge on any atom is -0.595 e. The van der Waals surface area contributed by atoms with Gasteiger partial charge in [-0.2, -0.15) is 5.23 Å². The molecular formula is C9H11NO3. The molecule has 13 heavy (non-hydrogen) atoms. The Morgan fingerprint density at radius 2 is 2.15 bits per heavy atom. The summed E-state index contributed by atoms with van der Waals surface area (Å²) in [5.41, 5.74) is 1.17. The second-order valence-corrected chi connectivity index (χ2v) is 2.91. The van der Waals surface area contributed by atoms with Crippen molar-refractivity contribution in [3.63, 3.8) is 0 Å². The average molecular weight is 181 g/mol. The van der Waals surface area contributed by atoms with Gasteiger partial charge in [0.15, 0.2) is 11.5 Å². The molecule has 0 aliphatic rings. The first-order valence-corrected chi connectivity index (χ1v) is 3.87. The van der Waals surface area contributed by atoms with Gasteiger partial charge >= 0.3 is 0 Å². The van der Waals surface area contributed by atoms with Crippen LogP contribution in [0.5, 0.6) is 0 Å². The van der Waals surface area contributed by atoms with E-state index in [1.54, 1.807) is 19.1 Å². The van der Waals surface area contributed by atoms with Gasteiger partial charge in [-0.05, 0) is 25.5 Å². The van der Waals surface area contributed by atoms with Gasteiger partial charge in [-0.3, -0.25) is 4.79 Å². The Hall–Kier alpha value is -1.23. The van der Waals surface area contributed by atoms with Crippen LogP contribution in [0.4, 0.5) is 5.69 Å². The summed E-state index contributed by atoms with van der Waals surface area (Å²) >= 11 is 0. The van der Waals surface area contributed by atoms with Crippen LogP contribution in [0.3, 0.4) is 0 Å². The van der Waals surface area contributed by atoms with Crippen molar-refractivity contribution in [2.45, 2.75) is 13.8 Å². The Morgan fingerprint density at radius 1 is 1.54 bits per heavy atom. The maximum absolute atomic E-state index is 11.0. The van der Waals surface area contributed by atoms with E-state index in [2.05, 4.69) is 0 Å². The monoisotopic (exact) mass is 181 g/mol. The molecule has 1 aromatic carbocycles. The van der Waals surface area contributed by atoms with E-state index < -0.39 is 5.23 Å². The molecule has 0 radical (unpaired) electrons. The fourth-order valence-corrected chi connectivity index (χ4v) is 1.14. The number of carbonyl (C=O) groups excluding carboxylic acids is 1. The Bertz CT molecular complexity index is 334. The maximum Gasteiger partial charge on any atom is 0.174 e. The predicted molar refractivity (Wildman–Crippen MR) is 47.0 cm³/mol. The number of carbonyl (C=O) groups is 1. The Balaban J connectivity index is 3.26. The molecule has 70 valence electrons. The van der Waals surface area contributed by atoms with Crippen molar-refractivity contribution in [2.75, 3.05) is 0 Å². The van der Waals surface area contributed by atoms with Crippen molar-refractivity contribution < 1.29 is 15.2 Å². The van der Waals surface area contributed by atoms with Crippen LogP contribution in [0.1, 0.15) is 22.8 Å². The van der Waals surface area contributed by atoms with Gasteiger partial charge in [0.1, 0.15) is 0 Å². The molecule has 0 spiro atoms. The van der Waals surface area contributed by atoms with E-state index in [1.165, 1.54) is 13.0 Å². The van der Waals surface area contributed by atoms with Gasteiger partial charge < -0.3 is 5.21 Å². The summed E-state index contributed by atoms with van der Waals surface area (Å²) in [6.45, 7) is 3.15. The summed E-state index contributed by atoms with van der Waals surface area (Å²) in [6.07, 6.45) is 0. The molecular weight excluding hydrogens is 170 g/mol. The van der Waals surface area contributed by atoms with Crippen LogP contribution in [-0.4, -0.2) is 11.0 Å². The smallest absolute Gasteiger partial charge is 0.174 e. The van der Waals surface area contributed by atoms with Crippen molar-refractivity contribution in [1.29, 1.82) is 0 Å². The normalized spacial score (nSPS) is 12.6. The largest absolute Gasteiger partial charge is 0.595 e. The topological polar surface area (TPSA) is 64.8 Å². The lowest BCUT2D eigenvalue weighted by Gasteiger charge is -2.14. The van der Waals surface area contributed by atoms with Gasteiger partial charge in [-0.15, -0.1) is 0 Å². The number of rotatable bonds is 2. The highest BCUT2D eigenvalue weighted by Gasteiger charge is 2.12. The SMILES string of the molecule is CC(=O)c1ccc(C)cc1[NH+]([O-])O. The fourth-order valence-electron chi connectivity index (χ4n) is 1.14. The lowest BCUT2D eigenvalue weighted by atomic mass is 10.1. The number of nitrogens with one attached hydrogen (secondary N) is 1. The van der Waals surface area contributed by atoms with Crippen molar-refractivity contribution in [1.82, 2.24) is 0 Å². The molecule has 4 nitrogen and oxygen atoms in total. The van der Waals surface area contributed by atoms with Crippen molar-refractivity contribution in [2.24, 2.45) is 0 Å². The average Bonchev–Trinajstić information content (AvgIpc) is 2.03. The molecule has 1 aromatic rings. The molecule has 0 heterocycles. The molecule has 0 fully saturated rings. The Kier molecular flexibility index (Phi) is 2.77. The lowest BCUT2D eigenvalue weighted by molar-refractivity contribution is -0.991. The number of hydrogen-bond acceptors (Lipinski definition) is 3. The first-order chi connectivity index (χ1) is 6.02. The van der Waals surface area contributed by atoms with Gasteiger partial charge in [0.2, 0.25) is 0 Å². The van der Waals surface area contributed by atoms with Crippen LogP contribution in [0, 0.1) is 12.1 Å². The summed E-state index contributed by atoms with van der Waals surface area (Å²) in [6, 6.07) is 4.77. The Labute approximate surface area is 75.9 Å². The van der Waals surface area contributed by atoms with E-state index in [-0.39, 0.29) is 17.0 Å². The number of benzene rings is 1. The summed E-state index contributed by atoms with van der Waals surface area (Å²) in [5.74, 6) is -0.225. The zero-order chi connectivity index (χ0) is 10.0. The van der Waals surface area contributed by atoms with E-state index >= 15 is 0 Å². The number of quaternary nitrogens is 1. The minimum absolute atomic E-state index is 0.0764. The van der Waals surface area contributed by atoms with Crippen molar-refractivity contribution in [3.05, 3.63) is 34.5 Å². The minimum atomic E-state index is -1.06. The maximum atomic E-state index is 11.0. The molecule has 0 bridgehead atoms. The van der Waals surface area contributed by atoms with Gasteiger partial charge in [-0.25, -0.2) is 5.21 Å². The standard InChI is InChI=1S/C9H11NO3/c1-6-3-4-8(7(2)11)9(5-6)10(12)13/h3-5,10,12H,1-2H3. The third kappa shape index (κ3) is 2.12. The molecule has 4 heteroatoms. The van der Waals surface area contributed by atoms with Crippen molar-refractivity contribution in [3.8, 4) is 0 Å². The number of aryl methyl sites for hydroxylation is 1. The van der Waals surface area contributed by atoms with Gasteiger partial charge in [0.05, 0.1) is 5.56 Å². The highest BCUT2D eigenvalue weighted by atomic mass is 16.8. The molecule has 2 N–H and O–H groups in total. The second kappa shape index (κ2) is 3.66. The molecule has 0 saturated carbocycles. The summed E-state index contributed by atoms with van der Waals surface area (Å²) in [5, 5.41) is 18.5. The molecule has 1 unspecified atom stereocenters.